The smallest absolute Gasteiger partial charge is 0.307 e. The fourth-order valence-electron chi connectivity index (χ4n) is 3.48. The Morgan fingerprint density at radius 3 is 2.60 bits per heavy atom. The lowest BCUT2D eigenvalue weighted by Crippen LogP contribution is -2.22. The van der Waals surface area contributed by atoms with Crippen LogP contribution in [0, 0.1) is 13.8 Å². The molecule has 0 unspecified atom stereocenters. The van der Waals surface area contributed by atoms with Crippen molar-refractivity contribution < 1.29 is 14.3 Å². The van der Waals surface area contributed by atoms with Crippen molar-refractivity contribution in [3.8, 4) is 0 Å². The Kier molecular flexibility index (Phi) is 6.77. The van der Waals surface area contributed by atoms with Crippen molar-refractivity contribution in [1.82, 2.24) is 14.1 Å². The fourth-order valence-corrected chi connectivity index (χ4v) is 4.42. The molecule has 2 heterocycles. The molecule has 0 aliphatic carbocycles. The molecule has 0 radical (unpaired) electrons. The summed E-state index contributed by atoms with van der Waals surface area (Å²) >= 11 is 1.27. The SMILES string of the molecule is CCn1c(SCC(=O)c2cc(C)n(CCC(=O)OC)c2C)nc2ccccc2c1=O. The number of carbonyl (C=O) groups is 2. The third kappa shape index (κ3) is 4.33. The molecule has 0 N–H and O–H groups in total. The lowest BCUT2D eigenvalue weighted by Gasteiger charge is -2.11. The van der Waals surface area contributed by atoms with Gasteiger partial charge in [0.25, 0.3) is 5.56 Å². The van der Waals surface area contributed by atoms with Gasteiger partial charge in [0.15, 0.2) is 10.9 Å². The van der Waals surface area contributed by atoms with E-state index in [-0.39, 0.29) is 29.5 Å². The van der Waals surface area contributed by atoms with E-state index in [0.29, 0.717) is 34.7 Å². The van der Waals surface area contributed by atoms with Gasteiger partial charge in [-0.3, -0.25) is 19.0 Å². The molecule has 0 atom stereocenters. The summed E-state index contributed by atoms with van der Waals surface area (Å²) in [6, 6.07) is 9.07. The first-order valence-corrected chi connectivity index (χ1v) is 10.7. The lowest BCUT2D eigenvalue weighted by molar-refractivity contribution is -0.140. The van der Waals surface area contributed by atoms with Gasteiger partial charge in [-0.2, -0.15) is 0 Å². The van der Waals surface area contributed by atoms with E-state index < -0.39 is 0 Å². The number of Topliss-reactive ketones (excluding diaryl/α,β-unsaturated/α-hetero) is 1. The molecule has 8 heteroatoms. The first-order chi connectivity index (χ1) is 14.4. The molecule has 0 amide bonds. The third-order valence-electron chi connectivity index (χ3n) is 5.12. The summed E-state index contributed by atoms with van der Waals surface area (Å²) in [6.07, 6.45) is 0.249. The van der Waals surface area contributed by atoms with Crippen LogP contribution in [0.5, 0.6) is 0 Å². The Morgan fingerprint density at radius 1 is 1.17 bits per heavy atom. The highest BCUT2D eigenvalue weighted by Crippen LogP contribution is 2.22. The first kappa shape index (κ1) is 21.8. The number of carbonyl (C=O) groups excluding carboxylic acids is 2. The van der Waals surface area contributed by atoms with Crippen molar-refractivity contribution in [2.45, 2.75) is 45.4 Å². The van der Waals surface area contributed by atoms with Crippen molar-refractivity contribution in [2.75, 3.05) is 12.9 Å². The number of benzene rings is 1. The predicted octanol–water partition coefficient (Wildman–Crippen LogP) is 3.37. The predicted molar refractivity (Wildman–Crippen MR) is 117 cm³/mol. The number of hydrogen-bond donors (Lipinski definition) is 0. The van der Waals surface area contributed by atoms with Crippen molar-refractivity contribution in [2.24, 2.45) is 0 Å². The van der Waals surface area contributed by atoms with Crippen molar-refractivity contribution >= 4 is 34.4 Å². The zero-order chi connectivity index (χ0) is 21.8. The van der Waals surface area contributed by atoms with Crippen LogP contribution in [0.2, 0.25) is 0 Å². The number of thioether (sulfide) groups is 1. The highest BCUT2D eigenvalue weighted by Gasteiger charge is 2.18. The molecule has 7 nitrogen and oxygen atoms in total. The Hall–Kier alpha value is -2.87. The standard InChI is InChI=1S/C22H25N3O4S/c1-5-24-21(28)16-8-6-7-9-18(16)23-22(24)30-13-19(26)17-12-14(2)25(15(17)3)11-10-20(27)29-4/h6-9,12H,5,10-11,13H2,1-4H3. The third-order valence-corrected chi connectivity index (χ3v) is 6.09. The monoisotopic (exact) mass is 427 g/mol. The molecule has 0 spiro atoms. The molecule has 3 rings (SSSR count). The Bertz CT molecular complexity index is 1160. The normalized spacial score (nSPS) is 11.1. The molecule has 0 aliphatic heterocycles. The van der Waals surface area contributed by atoms with Crippen LogP contribution >= 0.6 is 11.8 Å². The van der Waals surface area contributed by atoms with Crippen LogP contribution in [0.25, 0.3) is 10.9 Å². The average molecular weight is 428 g/mol. The van der Waals surface area contributed by atoms with E-state index in [4.69, 9.17) is 4.74 Å². The van der Waals surface area contributed by atoms with E-state index in [1.165, 1.54) is 18.9 Å². The number of aromatic nitrogens is 3. The first-order valence-electron chi connectivity index (χ1n) is 9.76. The van der Waals surface area contributed by atoms with Crippen LogP contribution < -0.4 is 5.56 Å². The van der Waals surface area contributed by atoms with E-state index in [0.717, 1.165) is 11.4 Å². The molecule has 3 aromatic rings. The Morgan fingerprint density at radius 2 is 1.90 bits per heavy atom. The van der Waals surface area contributed by atoms with Crippen LogP contribution in [0.1, 0.15) is 35.1 Å². The number of methoxy groups -OCH3 is 1. The summed E-state index contributed by atoms with van der Waals surface area (Å²) in [5, 5.41) is 1.11. The quantitative estimate of drug-likeness (QED) is 0.237. The summed E-state index contributed by atoms with van der Waals surface area (Å²) in [6.45, 7) is 6.62. The minimum atomic E-state index is -0.286. The van der Waals surface area contributed by atoms with E-state index in [1.54, 1.807) is 16.7 Å². The Balaban J connectivity index is 1.81. The van der Waals surface area contributed by atoms with Crippen LogP contribution in [-0.2, 0) is 22.6 Å². The van der Waals surface area contributed by atoms with E-state index in [1.807, 2.05) is 43.5 Å². The summed E-state index contributed by atoms with van der Waals surface area (Å²) in [5.41, 5.74) is 2.89. The number of hydrogen-bond acceptors (Lipinski definition) is 6. The van der Waals surface area contributed by atoms with Crippen molar-refractivity contribution in [3.63, 3.8) is 0 Å². The number of para-hydroxylation sites is 1. The molecule has 1 aromatic carbocycles. The number of rotatable bonds is 8. The van der Waals surface area contributed by atoms with Crippen molar-refractivity contribution in [1.29, 1.82) is 0 Å². The van der Waals surface area contributed by atoms with Crippen molar-refractivity contribution in [3.05, 3.63) is 57.6 Å². The van der Waals surface area contributed by atoms with Crippen LogP contribution in [0.3, 0.4) is 0 Å². The lowest BCUT2D eigenvalue weighted by atomic mass is 10.2. The highest BCUT2D eigenvalue weighted by molar-refractivity contribution is 7.99. The molecule has 2 aromatic heterocycles. The molecule has 0 aliphatic rings. The van der Waals surface area contributed by atoms with Gasteiger partial charge in [0, 0.05) is 30.0 Å². The number of fused-ring (bicyclic) bond motifs is 1. The molecule has 0 bridgehead atoms. The maximum atomic E-state index is 12.9. The van der Waals surface area contributed by atoms with Gasteiger partial charge in [0.1, 0.15) is 0 Å². The van der Waals surface area contributed by atoms with E-state index in [9.17, 15) is 14.4 Å². The van der Waals surface area contributed by atoms with Gasteiger partial charge in [0.05, 0.1) is 30.2 Å². The minimum absolute atomic E-state index is 0.0394. The summed E-state index contributed by atoms with van der Waals surface area (Å²) in [7, 11) is 1.36. The number of aryl methyl sites for hydroxylation is 1. The largest absolute Gasteiger partial charge is 0.469 e. The maximum absolute atomic E-state index is 12.9. The topological polar surface area (TPSA) is 83.2 Å². The summed E-state index contributed by atoms with van der Waals surface area (Å²) < 4.78 is 8.24. The molecular formula is C22H25N3O4S. The van der Waals surface area contributed by atoms with Gasteiger partial charge in [-0.05, 0) is 39.0 Å². The molecule has 158 valence electrons. The number of ether oxygens (including phenoxy) is 1. The van der Waals surface area contributed by atoms with Gasteiger partial charge in [-0.1, -0.05) is 23.9 Å². The number of ketones is 1. The molecular weight excluding hydrogens is 402 g/mol. The zero-order valence-corrected chi connectivity index (χ0v) is 18.4. The fraction of sp³-hybridized carbons (Fsp3) is 0.364. The molecule has 30 heavy (non-hydrogen) atoms. The average Bonchev–Trinajstić information content (AvgIpc) is 3.03. The maximum Gasteiger partial charge on any atom is 0.307 e. The second kappa shape index (κ2) is 9.30. The van der Waals surface area contributed by atoms with Gasteiger partial charge >= 0.3 is 5.97 Å². The van der Waals surface area contributed by atoms with Crippen LogP contribution in [0.4, 0.5) is 0 Å². The van der Waals surface area contributed by atoms with Gasteiger partial charge in [0.2, 0.25) is 0 Å². The highest BCUT2D eigenvalue weighted by atomic mass is 32.2. The minimum Gasteiger partial charge on any atom is -0.469 e. The molecule has 0 saturated heterocycles. The van der Waals surface area contributed by atoms with E-state index >= 15 is 0 Å². The molecule has 0 fully saturated rings. The number of esters is 1. The van der Waals surface area contributed by atoms with Gasteiger partial charge in [-0.15, -0.1) is 0 Å². The van der Waals surface area contributed by atoms with Gasteiger partial charge < -0.3 is 9.30 Å². The Labute approximate surface area is 179 Å². The number of nitrogens with zero attached hydrogens (tertiary/aromatic N) is 3. The second-order valence-corrected chi connectivity index (χ2v) is 7.88. The van der Waals surface area contributed by atoms with Crippen LogP contribution in [0.15, 0.2) is 40.3 Å². The zero-order valence-electron chi connectivity index (χ0n) is 17.6. The molecule has 0 saturated carbocycles. The summed E-state index contributed by atoms with van der Waals surface area (Å²) in [5.74, 6) is -0.153. The van der Waals surface area contributed by atoms with E-state index in [2.05, 4.69) is 4.98 Å². The van der Waals surface area contributed by atoms with Gasteiger partial charge in [-0.25, -0.2) is 4.98 Å². The van der Waals surface area contributed by atoms with Crippen LogP contribution in [-0.4, -0.2) is 38.7 Å². The summed E-state index contributed by atoms with van der Waals surface area (Å²) in [4.78, 5) is 41.7. The second-order valence-electron chi connectivity index (χ2n) is 6.94.